The predicted octanol–water partition coefficient (Wildman–Crippen LogP) is 3.48. The zero-order chi connectivity index (χ0) is 9.61. The molecule has 12 heavy (non-hydrogen) atoms. The number of hydrogen-bond acceptors (Lipinski definition) is 1. The van der Waals surface area contributed by atoms with Crippen molar-refractivity contribution < 1.29 is 4.43 Å². The molecule has 0 rings (SSSR count). The van der Waals surface area contributed by atoms with E-state index in [-0.39, 0.29) is 0 Å². The van der Waals surface area contributed by atoms with Gasteiger partial charge in [-0.05, 0) is 38.4 Å². The quantitative estimate of drug-likeness (QED) is 0.579. The fourth-order valence-corrected chi connectivity index (χ4v) is 3.01. The van der Waals surface area contributed by atoms with E-state index in [0.717, 1.165) is 12.5 Å². The summed E-state index contributed by atoms with van der Waals surface area (Å²) in [6.07, 6.45) is 3.60. The first-order chi connectivity index (χ1) is 5.48. The largest absolute Gasteiger partial charge is 0.418 e. The van der Waals surface area contributed by atoms with Gasteiger partial charge in [0.2, 0.25) is 0 Å². The molecule has 2 heteroatoms. The third kappa shape index (κ3) is 6.86. The molecular weight excluding hydrogens is 164 g/mol. The van der Waals surface area contributed by atoms with Gasteiger partial charge in [0.05, 0.1) is 0 Å². The molecule has 0 fully saturated rings. The van der Waals surface area contributed by atoms with Gasteiger partial charge in [-0.15, -0.1) is 0 Å². The van der Waals surface area contributed by atoms with Gasteiger partial charge in [0.1, 0.15) is 0 Å². The summed E-state index contributed by atoms with van der Waals surface area (Å²) in [5.41, 5.74) is 0. The Hall–Kier alpha value is 0.177. The number of rotatable bonds is 6. The molecule has 0 spiro atoms. The molecule has 0 aromatic carbocycles. The van der Waals surface area contributed by atoms with Crippen LogP contribution < -0.4 is 0 Å². The highest BCUT2D eigenvalue weighted by Gasteiger charge is 2.20. The Morgan fingerprint density at radius 2 is 1.92 bits per heavy atom. The highest BCUT2D eigenvalue weighted by Crippen LogP contribution is 2.16. The lowest BCUT2D eigenvalue weighted by Gasteiger charge is -2.21. The van der Waals surface area contributed by atoms with Gasteiger partial charge in [-0.1, -0.05) is 20.3 Å². The molecule has 0 aliphatic heterocycles. The molecule has 0 aliphatic carbocycles. The van der Waals surface area contributed by atoms with Gasteiger partial charge in [0.15, 0.2) is 8.32 Å². The molecule has 73 valence electrons. The third-order valence-electron chi connectivity index (χ3n) is 1.92. The fraction of sp³-hybridized carbons (Fsp3) is 0.900. The molecule has 0 aliphatic rings. The molecule has 0 N–H and O–H groups in total. The van der Waals surface area contributed by atoms with Crippen LogP contribution in [0.1, 0.15) is 27.2 Å². The Morgan fingerprint density at radius 1 is 1.33 bits per heavy atom. The molecule has 1 nitrogen and oxygen atoms in total. The summed E-state index contributed by atoms with van der Waals surface area (Å²) in [4.78, 5) is 0. The second-order valence-electron chi connectivity index (χ2n) is 4.21. The molecule has 0 bridgehead atoms. The van der Waals surface area contributed by atoms with E-state index in [1.54, 1.807) is 0 Å². The van der Waals surface area contributed by atoms with Crippen molar-refractivity contribution in [1.29, 1.82) is 0 Å². The molecule has 0 aromatic heterocycles. The lowest BCUT2D eigenvalue weighted by atomic mass is 10.1. The van der Waals surface area contributed by atoms with Crippen LogP contribution in [0.3, 0.4) is 0 Å². The van der Waals surface area contributed by atoms with E-state index in [2.05, 4.69) is 40.3 Å². The van der Waals surface area contributed by atoms with Crippen LogP contribution in [-0.2, 0) is 4.43 Å². The van der Waals surface area contributed by atoms with Crippen molar-refractivity contribution in [2.45, 2.75) is 46.3 Å². The van der Waals surface area contributed by atoms with Crippen molar-refractivity contribution in [2.24, 2.45) is 5.92 Å². The van der Waals surface area contributed by atoms with Crippen LogP contribution in [0.5, 0.6) is 0 Å². The molecule has 0 atom stereocenters. The zero-order valence-electron chi connectivity index (χ0n) is 9.18. The molecule has 0 amide bonds. The summed E-state index contributed by atoms with van der Waals surface area (Å²) in [6.45, 7) is 12.0. The molecule has 1 radical (unpaired) electrons. The van der Waals surface area contributed by atoms with Gasteiger partial charge in [-0.25, -0.2) is 0 Å². The molecule has 0 saturated carbocycles. The van der Waals surface area contributed by atoms with Crippen LogP contribution in [0.25, 0.3) is 0 Å². The smallest absolute Gasteiger partial charge is 0.186 e. The summed E-state index contributed by atoms with van der Waals surface area (Å²) in [6, 6.07) is 1.26. The Balaban J connectivity index is 3.46. The lowest BCUT2D eigenvalue weighted by Crippen LogP contribution is -2.30. The average Bonchev–Trinajstić information content (AvgIpc) is 1.85. The molecule has 0 unspecified atom stereocenters. The predicted molar refractivity (Wildman–Crippen MR) is 57.7 cm³/mol. The van der Waals surface area contributed by atoms with Gasteiger partial charge >= 0.3 is 0 Å². The van der Waals surface area contributed by atoms with E-state index in [1.165, 1.54) is 12.5 Å². The van der Waals surface area contributed by atoms with Crippen molar-refractivity contribution in [3.05, 3.63) is 6.42 Å². The van der Waals surface area contributed by atoms with Crippen molar-refractivity contribution in [3.63, 3.8) is 0 Å². The van der Waals surface area contributed by atoms with Gasteiger partial charge in [-0.2, -0.15) is 0 Å². The van der Waals surface area contributed by atoms with Crippen LogP contribution in [0.15, 0.2) is 0 Å². The second-order valence-corrected chi connectivity index (χ2v) is 8.52. The van der Waals surface area contributed by atoms with Crippen molar-refractivity contribution in [1.82, 2.24) is 0 Å². The first-order valence-electron chi connectivity index (χ1n) is 4.95. The van der Waals surface area contributed by atoms with Crippen molar-refractivity contribution in [3.8, 4) is 0 Å². The van der Waals surface area contributed by atoms with Crippen molar-refractivity contribution in [2.75, 3.05) is 6.61 Å². The Labute approximate surface area is 78.6 Å². The van der Waals surface area contributed by atoms with E-state index in [9.17, 15) is 0 Å². The monoisotopic (exact) mass is 187 g/mol. The SMILES string of the molecule is CCO[Si](C)(C)CC[CH]C(C)C. The molecular formula is C10H23OSi. The Kier molecular flexibility index (Phi) is 5.84. The number of hydrogen-bond donors (Lipinski definition) is 0. The minimum absolute atomic E-state index is 0.719. The third-order valence-corrected chi connectivity index (χ3v) is 4.48. The first kappa shape index (κ1) is 12.2. The summed E-state index contributed by atoms with van der Waals surface area (Å²) in [5, 5.41) is 0. The minimum Gasteiger partial charge on any atom is -0.418 e. The van der Waals surface area contributed by atoms with E-state index in [4.69, 9.17) is 4.43 Å². The summed E-state index contributed by atoms with van der Waals surface area (Å²) in [5.74, 6) is 0.719. The molecule has 0 saturated heterocycles. The van der Waals surface area contributed by atoms with Crippen LogP contribution >= 0.6 is 0 Å². The van der Waals surface area contributed by atoms with Crippen LogP contribution in [-0.4, -0.2) is 14.9 Å². The topological polar surface area (TPSA) is 9.23 Å². The van der Waals surface area contributed by atoms with Gasteiger partial charge < -0.3 is 4.43 Å². The fourth-order valence-electron chi connectivity index (χ4n) is 1.23. The molecule has 0 aromatic rings. The zero-order valence-corrected chi connectivity index (χ0v) is 10.2. The van der Waals surface area contributed by atoms with Gasteiger partial charge in [0, 0.05) is 6.61 Å². The Morgan fingerprint density at radius 3 is 2.33 bits per heavy atom. The van der Waals surface area contributed by atoms with E-state index in [1.807, 2.05) is 0 Å². The normalized spacial score (nSPS) is 12.5. The summed E-state index contributed by atoms with van der Waals surface area (Å²) >= 11 is 0. The lowest BCUT2D eigenvalue weighted by molar-refractivity contribution is 0.328. The van der Waals surface area contributed by atoms with E-state index < -0.39 is 8.32 Å². The van der Waals surface area contributed by atoms with Crippen molar-refractivity contribution >= 4 is 8.32 Å². The second kappa shape index (κ2) is 5.76. The highest BCUT2D eigenvalue weighted by molar-refractivity contribution is 6.71. The average molecular weight is 187 g/mol. The maximum atomic E-state index is 5.73. The van der Waals surface area contributed by atoms with Crippen LogP contribution in [0, 0.1) is 12.3 Å². The Bertz CT molecular complexity index is 110. The first-order valence-corrected chi connectivity index (χ1v) is 8.07. The minimum atomic E-state index is -1.30. The maximum absolute atomic E-state index is 5.73. The highest BCUT2D eigenvalue weighted by atomic mass is 28.4. The summed E-state index contributed by atoms with van der Waals surface area (Å²) < 4.78 is 5.73. The van der Waals surface area contributed by atoms with Gasteiger partial charge in [-0.3, -0.25) is 0 Å². The van der Waals surface area contributed by atoms with Crippen LogP contribution in [0.4, 0.5) is 0 Å². The summed E-state index contributed by atoms with van der Waals surface area (Å²) in [7, 11) is -1.30. The van der Waals surface area contributed by atoms with Crippen LogP contribution in [0.2, 0.25) is 19.1 Å². The van der Waals surface area contributed by atoms with E-state index >= 15 is 0 Å². The maximum Gasteiger partial charge on any atom is 0.186 e. The van der Waals surface area contributed by atoms with E-state index in [0.29, 0.717) is 0 Å². The standard InChI is InChI=1S/C10H23OSi/c1-6-11-12(4,5)9-7-8-10(2)3/h8,10H,6-7,9H2,1-5H3. The molecule has 0 heterocycles. The van der Waals surface area contributed by atoms with Gasteiger partial charge in [0.25, 0.3) is 0 Å².